The van der Waals surface area contributed by atoms with E-state index < -0.39 is 5.91 Å². The smallest absolute Gasteiger partial charge is 0.256 e. The maximum absolute atomic E-state index is 12.9. The van der Waals surface area contributed by atoms with Crippen molar-refractivity contribution in [1.29, 1.82) is 0 Å². The minimum atomic E-state index is -0.708. The summed E-state index contributed by atoms with van der Waals surface area (Å²) >= 11 is 2.73. The summed E-state index contributed by atoms with van der Waals surface area (Å²) in [5, 5.41) is 11.7. The number of hydrogen-bond acceptors (Lipinski definition) is 14. The number of ether oxygens (including phenoxy) is 1. The zero-order valence-corrected chi connectivity index (χ0v) is 24.0. The van der Waals surface area contributed by atoms with E-state index in [1.54, 1.807) is 12.3 Å². The zero-order valence-electron chi connectivity index (χ0n) is 22.4. The maximum atomic E-state index is 12.9. The van der Waals surface area contributed by atoms with E-state index in [-0.39, 0.29) is 34.5 Å². The highest BCUT2D eigenvalue weighted by atomic mass is 32.1. The fourth-order valence-electron chi connectivity index (χ4n) is 5.42. The van der Waals surface area contributed by atoms with Crippen LogP contribution in [0, 0.1) is 0 Å². The van der Waals surface area contributed by atoms with Gasteiger partial charge in [0.2, 0.25) is 11.4 Å². The number of hydrogen-bond donors (Lipinski definition) is 4. The highest BCUT2D eigenvalue weighted by Crippen LogP contribution is 2.39. The van der Waals surface area contributed by atoms with Gasteiger partial charge in [0.15, 0.2) is 17.0 Å². The normalized spacial score (nSPS) is 19.4. The summed E-state index contributed by atoms with van der Waals surface area (Å²) in [4.78, 5) is 37.3. The lowest BCUT2D eigenvalue weighted by Gasteiger charge is -2.29. The third-order valence-electron chi connectivity index (χ3n) is 7.58. The van der Waals surface area contributed by atoms with Crippen LogP contribution < -0.4 is 32.4 Å². The van der Waals surface area contributed by atoms with Gasteiger partial charge in [0.05, 0.1) is 27.8 Å². The van der Waals surface area contributed by atoms with Crippen LogP contribution in [0.4, 0.5) is 22.6 Å². The number of anilines is 4. The fourth-order valence-corrected chi connectivity index (χ4v) is 7.39. The molecule has 1 saturated carbocycles. The average molecular weight is 609 g/mol. The van der Waals surface area contributed by atoms with Gasteiger partial charge in [-0.05, 0) is 24.4 Å². The third-order valence-corrected chi connectivity index (χ3v) is 9.60. The number of carbonyl (C=O) groups excluding carboxylic acids is 1. The average Bonchev–Trinajstić information content (AvgIpc) is 3.75. The number of rotatable bonds is 7. The molecule has 0 spiro atoms. The zero-order chi connectivity index (χ0) is 28.8. The molecule has 5 aromatic heterocycles. The molecule has 5 aromatic rings. The Morgan fingerprint density at radius 3 is 2.81 bits per heavy atom. The van der Waals surface area contributed by atoms with Crippen molar-refractivity contribution in [3.8, 4) is 10.4 Å². The number of furan rings is 1. The molecule has 1 aliphatic heterocycles. The van der Waals surface area contributed by atoms with Crippen LogP contribution in [0.25, 0.3) is 26.4 Å². The highest BCUT2D eigenvalue weighted by Gasteiger charge is 2.27. The van der Waals surface area contributed by atoms with E-state index >= 15 is 0 Å². The van der Waals surface area contributed by atoms with Crippen molar-refractivity contribution in [3.63, 3.8) is 0 Å². The van der Waals surface area contributed by atoms with Crippen LogP contribution in [0.2, 0.25) is 0 Å². The van der Waals surface area contributed by atoms with Gasteiger partial charge in [0.1, 0.15) is 24.0 Å². The number of morpholine rings is 1. The molecule has 218 valence electrons. The van der Waals surface area contributed by atoms with Gasteiger partial charge < -0.3 is 36.2 Å². The van der Waals surface area contributed by atoms with Crippen molar-refractivity contribution in [2.24, 2.45) is 11.5 Å². The minimum Gasteiger partial charge on any atom is -0.459 e. The summed E-state index contributed by atoms with van der Waals surface area (Å²) in [7, 11) is 0. The molecule has 6 heterocycles. The number of carbonyl (C=O) groups is 1. The number of fused-ring (bicyclic) bond motifs is 2. The Balaban J connectivity index is 1.23. The molecule has 2 atom stereocenters. The van der Waals surface area contributed by atoms with Crippen molar-refractivity contribution in [2.75, 3.05) is 41.8 Å². The molecule has 0 aromatic carbocycles. The lowest BCUT2D eigenvalue weighted by atomic mass is 9.91. The van der Waals surface area contributed by atoms with Gasteiger partial charge in [-0.25, -0.2) is 4.98 Å². The van der Waals surface area contributed by atoms with E-state index in [2.05, 4.69) is 35.0 Å². The first-order valence-electron chi connectivity index (χ1n) is 13.6. The van der Waals surface area contributed by atoms with Crippen LogP contribution in [-0.2, 0) is 4.74 Å². The van der Waals surface area contributed by atoms with Gasteiger partial charge >= 0.3 is 0 Å². The van der Waals surface area contributed by atoms with Crippen LogP contribution in [0.3, 0.4) is 0 Å². The Labute approximate surface area is 246 Å². The van der Waals surface area contributed by atoms with Crippen LogP contribution in [-0.4, -0.2) is 68.2 Å². The number of nitrogens with zero attached hydrogens (tertiary/aromatic N) is 6. The molecular weight excluding hydrogens is 580 g/mol. The summed E-state index contributed by atoms with van der Waals surface area (Å²) in [5.74, 6) is 0.331. The molecular formula is C26H28N10O4S2. The monoisotopic (exact) mass is 608 g/mol. The standard InChI is InChI=1S/C26H28N10O4S2/c27-14-3-1-2-4-15(14)31-26-33-24(20(23(28)38)25-29-12-30-36(25)26)32-18-10-17(42-34-18)13-11-40-21-16(37)9-19(41-22(13)21)35-5-7-39-8-6-35/h9-12,14-15H,1-8,27H2,(H2,28,38)(H,31,33)(H,32,34)/t14-,15+/m1/s1. The van der Waals surface area contributed by atoms with Gasteiger partial charge in [-0.3, -0.25) is 9.59 Å². The largest absolute Gasteiger partial charge is 0.459 e. The molecule has 0 radical (unpaired) electrons. The highest BCUT2D eigenvalue weighted by molar-refractivity contribution is 7.23. The third kappa shape index (κ3) is 4.85. The molecule has 42 heavy (non-hydrogen) atoms. The van der Waals surface area contributed by atoms with Gasteiger partial charge in [-0.2, -0.15) is 19.0 Å². The van der Waals surface area contributed by atoms with Crippen LogP contribution in [0.15, 0.2) is 33.9 Å². The summed E-state index contributed by atoms with van der Waals surface area (Å²) in [6.45, 7) is 2.68. The van der Waals surface area contributed by atoms with Crippen molar-refractivity contribution in [1.82, 2.24) is 24.0 Å². The second-order valence-electron chi connectivity index (χ2n) is 10.3. The quantitative estimate of drug-likeness (QED) is 0.212. The summed E-state index contributed by atoms with van der Waals surface area (Å²) in [6.07, 6.45) is 6.88. The molecule has 1 saturated heterocycles. The predicted octanol–water partition coefficient (Wildman–Crippen LogP) is 2.78. The summed E-state index contributed by atoms with van der Waals surface area (Å²) in [6, 6.07) is 3.41. The molecule has 0 bridgehead atoms. The first-order chi connectivity index (χ1) is 20.5. The number of nitrogens with two attached hydrogens (primary N) is 2. The lowest BCUT2D eigenvalue weighted by molar-refractivity contribution is 0.100. The topological polar surface area (TPSA) is 192 Å². The van der Waals surface area contributed by atoms with Crippen LogP contribution in [0.5, 0.6) is 0 Å². The first kappa shape index (κ1) is 26.8. The molecule has 0 unspecified atom stereocenters. The maximum Gasteiger partial charge on any atom is 0.256 e. The van der Waals surface area contributed by atoms with Gasteiger partial charge in [0, 0.05) is 42.9 Å². The second kappa shape index (κ2) is 10.9. The number of amides is 1. The van der Waals surface area contributed by atoms with Gasteiger partial charge in [0.25, 0.3) is 5.91 Å². The summed E-state index contributed by atoms with van der Waals surface area (Å²) in [5.41, 5.74) is 13.4. The minimum absolute atomic E-state index is 0.000634. The number of nitrogens with one attached hydrogen (secondary N) is 2. The Morgan fingerprint density at radius 1 is 1.17 bits per heavy atom. The molecule has 1 aliphatic carbocycles. The Hall–Kier alpha value is -4.12. The van der Waals surface area contributed by atoms with Gasteiger partial charge in [-0.1, -0.05) is 12.8 Å². The molecule has 14 nitrogen and oxygen atoms in total. The Morgan fingerprint density at radius 2 is 2.00 bits per heavy atom. The van der Waals surface area contributed by atoms with E-state index in [0.717, 1.165) is 58.9 Å². The predicted molar refractivity (Wildman–Crippen MR) is 161 cm³/mol. The van der Waals surface area contributed by atoms with E-state index in [4.69, 9.17) is 20.6 Å². The fraction of sp³-hybridized carbons (Fsp3) is 0.385. The van der Waals surface area contributed by atoms with Crippen LogP contribution in [0.1, 0.15) is 36.0 Å². The van der Waals surface area contributed by atoms with Crippen molar-refractivity contribution < 1.29 is 13.9 Å². The van der Waals surface area contributed by atoms with E-state index in [1.807, 2.05) is 6.07 Å². The van der Waals surface area contributed by atoms with Gasteiger partial charge in [-0.15, -0.1) is 11.3 Å². The van der Waals surface area contributed by atoms with Crippen molar-refractivity contribution >= 4 is 67.3 Å². The van der Waals surface area contributed by atoms with E-state index in [9.17, 15) is 9.59 Å². The van der Waals surface area contributed by atoms with Crippen molar-refractivity contribution in [2.45, 2.75) is 37.8 Å². The van der Waals surface area contributed by atoms with Crippen LogP contribution >= 0.6 is 22.9 Å². The molecule has 2 aliphatic rings. The Kier molecular flexibility index (Phi) is 6.97. The Bertz CT molecular complexity index is 1840. The number of primary amides is 1. The summed E-state index contributed by atoms with van der Waals surface area (Å²) < 4.78 is 17.9. The van der Waals surface area contributed by atoms with E-state index in [0.29, 0.717) is 30.6 Å². The molecule has 16 heteroatoms. The number of aromatic nitrogens is 5. The van der Waals surface area contributed by atoms with Crippen molar-refractivity contribution in [3.05, 3.63) is 40.5 Å². The molecule has 1 amide bonds. The molecule has 6 N–H and O–H groups in total. The first-order valence-corrected chi connectivity index (χ1v) is 15.2. The molecule has 2 fully saturated rings. The lowest BCUT2D eigenvalue weighted by Crippen LogP contribution is -2.43. The molecule has 7 rings (SSSR count). The van der Waals surface area contributed by atoms with E-state index in [1.165, 1.54) is 33.7 Å². The SMILES string of the molecule is NC(=O)c1c(Nc2cc(-c3coc4c(=O)cc(N5CCOCC5)sc34)sn2)nc(N[C@H]2CCCC[C@H]2N)n2ncnc12. The second-order valence-corrected chi connectivity index (χ2v) is 12.1.